The molecule has 0 aliphatic rings. The van der Waals surface area contributed by atoms with Gasteiger partial charge in [-0.15, -0.1) is 11.8 Å². The van der Waals surface area contributed by atoms with Crippen molar-refractivity contribution in [3.8, 4) is 11.5 Å². The lowest BCUT2D eigenvalue weighted by Crippen LogP contribution is -2.16. The lowest BCUT2D eigenvalue weighted by Gasteiger charge is -2.10. The number of carboxylic acid groups (broad SMARTS) is 1. The van der Waals surface area contributed by atoms with Crippen LogP contribution in [0.15, 0.2) is 102 Å². The number of anilines is 2. The van der Waals surface area contributed by atoms with Gasteiger partial charge in [-0.3, -0.25) is 10.1 Å². The molecule has 0 saturated carbocycles. The van der Waals surface area contributed by atoms with Gasteiger partial charge < -0.3 is 19.9 Å². The van der Waals surface area contributed by atoms with Crippen LogP contribution in [0.25, 0.3) is 0 Å². The molecular weight excluding hydrogens is 516 g/mol. The zero-order valence-corrected chi connectivity index (χ0v) is 21.9. The molecule has 0 heterocycles. The number of thioether (sulfide) groups is 1. The van der Waals surface area contributed by atoms with Crippen LogP contribution >= 0.6 is 11.8 Å². The summed E-state index contributed by atoms with van der Waals surface area (Å²) in [7, 11) is 1.33. The number of carbonyl (C=O) groups is 3. The summed E-state index contributed by atoms with van der Waals surface area (Å²) >= 11 is 1.66. The number of hydrogen-bond donors (Lipinski definition) is 3. The first-order chi connectivity index (χ1) is 18.9. The number of hydrogen-bond acceptors (Lipinski definition) is 6. The molecule has 3 N–H and O–H groups in total. The van der Waals surface area contributed by atoms with Crippen LogP contribution in [0.4, 0.5) is 16.2 Å². The van der Waals surface area contributed by atoms with Crippen LogP contribution in [0, 0.1) is 0 Å². The SMILES string of the molecule is COC(=O)Nc1cccc(CSc2ccc(Oc3ccc(CC(=O)Nc4ccccc4C(=O)O)cc3)cc2)c1. The summed E-state index contributed by atoms with van der Waals surface area (Å²) in [6.07, 6.45) is -0.406. The summed E-state index contributed by atoms with van der Waals surface area (Å²) in [5.74, 6) is 0.634. The minimum Gasteiger partial charge on any atom is -0.478 e. The zero-order chi connectivity index (χ0) is 27.6. The van der Waals surface area contributed by atoms with Crippen molar-refractivity contribution >= 4 is 41.1 Å². The molecule has 0 bridgehead atoms. The van der Waals surface area contributed by atoms with Gasteiger partial charge in [0.25, 0.3) is 0 Å². The number of carbonyl (C=O) groups excluding carboxylic acids is 2. The molecule has 0 unspecified atom stereocenters. The Morgan fingerprint density at radius 3 is 2.18 bits per heavy atom. The quantitative estimate of drug-likeness (QED) is 0.188. The molecule has 4 aromatic rings. The Labute approximate surface area is 230 Å². The number of benzene rings is 4. The molecule has 198 valence electrons. The first-order valence-electron chi connectivity index (χ1n) is 12.0. The summed E-state index contributed by atoms with van der Waals surface area (Å²) in [5.41, 5.74) is 2.82. The van der Waals surface area contributed by atoms with E-state index >= 15 is 0 Å². The maximum absolute atomic E-state index is 12.4. The molecule has 0 aromatic heterocycles. The van der Waals surface area contributed by atoms with Crippen LogP contribution in [0.3, 0.4) is 0 Å². The molecule has 2 amide bonds. The summed E-state index contributed by atoms with van der Waals surface area (Å²) in [6, 6.07) is 28.8. The van der Waals surface area contributed by atoms with Crippen LogP contribution in [0.5, 0.6) is 11.5 Å². The second kappa shape index (κ2) is 13.2. The van der Waals surface area contributed by atoms with E-state index < -0.39 is 12.1 Å². The molecule has 0 saturated heterocycles. The van der Waals surface area contributed by atoms with E-state index in [2.05, 4.69) is 15.4 Å². The molecule has 8 nitrogen and oxygen atoms in total. The molecule has 4 rings (SSSR count). The standard InChI is InChI=1S/C30H26N2O6S/c1-37-30(36)31-22-6-4-5-21(17-22)19-39-25-15-13-24(14-16-25)38-23-11-9-20(10-12-23)18-28(33)32-27-8-3-2-7-26(27)29(34)35/h2-17H,18-19H2,1H3,(H,31,36)(H,32,33)(H,34,35). The third-order valence-corrected chi connectivity index (χ3v) is 6.63. The molecule has 4 aromatic carbocycles. The van der Waals surface area contributed by atoms with Crippen molar-refractivity contribution in [2.24, 2.45) is 0 Å². The molecule has 0 aliphatic carbocycles. The van der Waals surface area contributed by atoms with Gasteiger partial charge in [0, 0.05) is 16.3 Å². The second-order valence-electron chi connectivity index (χ2n) is 8.40. The Balaban J connectivity index is 1.27. The van der Waals surface area contributed by atoms with Crippen molar-refractivity contribution in [3.63, 3.8) is 0 Å². The van der Waals surface area contributed by atoms with E-state index in [0.29, 0.717) is 17.2 Å². The predicted molar refractivity (Wildman–Crippen MR) is 151 cm³/mol. The molecular formula is C30H26N2O6S. The van der Waals surface area contributed by atoms with Gasteiger partial charge in [-0.25, -0.2) is 9.59 Å². The number of aromatic carboxylic acids is 1. The number of rotatable bonds is 10. The fourth-order valence-corrected chi connectivity index (χ4v) is 4.49. The van der Waals surface area contributed by atoms with Crippen molar-refractivity contribution in [2.75, 3.05) is 17.7 Å². The van der Waals surface area contributed by atoms with Crippen molar-refractivity contribution in [2.45, 2.75) is 17.1 Å². The van der Waals surface area contributed by atoms with Crippen LogP contribution < -0.4 is 15.4 Å². The summed E-state index contributed by atoms with van der Waals surface area (Å²) in [4.78, 5) is 36.2. The molecule has 39 heavy (non-hydrogen) atoms. The topological polar surface area (TPSA) is 114 Å². The number of carboxylic acids is 1. The molecule has 9 heteroatoms. The third-order valence-electron chi connectivity index (χ3n) is 5.54. The molecule has 0 radical (unpaired) electrons. The van der Waals surface area contributed by atoms with Crippen LogP contribution in [0.2, 0.25) is 0 Å². The smallest absolute Gasteiger partial charge is 0.411 e. The predicted octanol–water partition coefficient (Wildman–Crippen LogP) is 6.83. The van der Waals surface area contributed by atoms with Gasteiger partial charge in [0.2, 0.25) is 5.91 Å². The first kappa shape index (κ1) is 27.3. The monoisotopic (exact) mass is 542 g/mol. The minimum absolute atomic E-state index is 0.0427. The van der Waals surface area contributed by atoms with Gasteiger partial charge in [0.15, 0.2) is 0 Å². The van der Waals surface area contributed by atoms with E-state index in [4.69, 9.17) is 4.74 Å². The highest BCUT2D eigenvalue weighted by molar-refractivity contribution is 7.98. The Morgan fingerprint density at radius 1 is 0.795 bits per heavy atom. The summed E-state index contributed by atoms with van der Waals surface area (Å²) in [6.45, 7) is 0. The van der Waals surface area contributed by atoms with Gasteiger partial charge in [-0.2, -0.15) is 0 Å². The maximum atomic E-state index is 12.4. The van der Waals surface area contributed by atoms with Crippen LogP contribution in [-0.4, -0.2) is 30.2 Å². The van der Waals surface area contributed by atoms with Gasteiger partial charge in [0.05, 0.1) is 24.8 Å². The zero-order valence-electron chi connectivity index (χ0n) is 21.0. The van der Waals surface area contributed by atoms with E-state index in [-0.39, 0.29) is 23.6 Å². The fourth-order valence-electron chi connectivity index (χ4n) is 3.65. The van der Waals surface area contributed by atoms with Crippen molar-refractivity contribution < 1.29 is 29.0 Å². The van der Waals surface area contributed by atoms with Crippen molar-refractivity contribution in [1.82, 2.24) is 0 Å². The summed E-state index contributed by atoms with van der Waals surface area (Å²) in [5, 5.41) is 14.6. The highest BCUT2D eigenvalue weighted by Gasteiger charge is 2.12. The Kier molecular flexibility index (Phi) is 9.20. The number of methoxy groups -OCH3 is 1. The maximum Gasteiger partial charge on any atom is 0.411 e. The van der Waals surface area contributed by atoms with Crippen molar-refractivity contribution in [3.05, 3.63) is 114 Å². The Bertz CT molecular complexity index is 1460. The molecule has 0 aliphatic heterocycles. The fraction of sp³-hybridized carbons (Fsp3) is 0.100. The average molecular weight is 543 g/mol. The lowest BCUT2D eigenvalue weighted by atomic mass is 10.1. The molecule has 0 atom stereocenters. The average Bonchev–Trinajstić information content (AvgIpc) is 2.94. The minimum atomic E-state index is -1.10. The van der Waals surface area contributed by atoms with Gasteiger partial charge in [0.1, 0.15) is 11.5 Å². The number of nitrogens with one attached hydrogen (secondary N) is 2. The van der Waals surface area contributed by atoms with Gasteiger partial charge >= 0.3 is 12.1 Å². The Hall–Kier alpha value is -4.76. The van der Waals surface area contributed by atoms with Gasteiger partial charge in [-0.1, -0.05) is 36.4 Å². The van der Waals surface area contributed by atoms with E-state index in [1.54, 1.807) is 60.3 Å². The van der Waals surface area contributed by atoms with Crippen molar-refractivity contribution in [1.29, 1.82) is 0 Å². The van der Waals surface area contributed by atoms with Crippen LogP contribution in [-0.2, 0) is 21.7 Å². The van der Waals surface area contributed by atoms with E-state index in [9.17, 15) is 19.5 Å². The first-order valence-corrected chi connectivity index (χ1v) is 12.9. The molecule has 0 spiro atoms. The highest BCUT2D eigenvalue weighted by atomic mass is 32.2. The number of amides is 2. The third kappa shape index (κ3) is 8.11. The summed E-state index contributed by atoms with van der Waals surface area (Å²) < 4.78 is 10.6. The number of ether oxygens (including phenoxy) is 2. The largest absolute Gasteiger partial charge is 0.478 e. The normalized spacial score (nSPS) is 10.4. The van der Waals surface area contributed by atoms with E-state index in [0.717, 1.165) is 21.8 Å². The molecule has 0 fully saturated rings. The lowest BCUT2D eigenvalue weighted by molar-refractivity contribution is -0.115. The highest BCUT2D eigenvalue weighted by Crippen LogP contribution is 2.28. The van der Waals surface area contributed by atoms with E-state index in [1.807, 2.05) is 42.5 Å². The van der Waals surface area contributed by atoms with Crippen LogP contribution in [0.1, 0.15) is 21.5 Å². The Morgan fingerprint density at radius 2 is 1.49 bits per heavy atom. The van der Waals surface area contributed by atoms with E-state index in [1.165, 1.54) is 13.2 Å². The number of para-hydroxylation sites is 1. The van der Waals surface area contributed by atoms with Gasteiger partial charge in [-0.05, 0) is 71.8 Å². The second-order valence-corrected chi connectivity index (χ2v) is 9.45.